The summed E-state index contributed by atoms with van der Waals surface area (Å²) >= 11 is 0. The normalized spacial score (nSPS) is 14.1. The van der Waals surface area contributed by atoms with E-state index in [9.17, 15) is 13.2 Å². The number of hydrogen-bond donors (Lipinski definition) is 2. The predicted molar refractivity (Wildman–Crippen MR) is 88.2 cm³/mol. The SMILES string of the molecule is CS(=O)(=O)Nc1ccccc1NC(=O)c1cc2c(o1)CCCC2. The standard InChI is InChI=1S/C16H18N2O4S/c1-23(20,21)18-13-8-4-3-7-12(13)17-16(19)15-10-11-6-2-5-9-14(11)22-15/h3-4,7-8,10,18H,2,5-6,9H2,1H3,(H,17,19). The summed E-state index contributed by atoms with van der Waals surface area (Å²) in [6.07, 6.45) is 5.02. The Hall–Kier alpha value is -2.28. The average Bonchev–Trinajstić information content (AvgIpc) is 2.92. The summed E-state index contributed by atoms with van der Waals surface area (Å²) in [5, 5.41) is 2.70. The highest BCUT2D eigenvalue weighted by Gasteiger charge is 2.20. The van der Waals surface area contributed by atoms with Crippen LogP contribution in [0, 0.1) is 0 Å². The number of anilines is 2. The molecule has 0 aliphatic heterocycles. The maximum Gasteiger partial charge on any atom is 0.291 e. The highest BCUT2D eigenvalue weighted by Crippen LogP contribution is 2.27. The van der Waals surface area contributed by atoms with Crippen molar-refractivity contribution >= 4 is 27.3 Å². The number of nitrogens with one attached hydrogen (secondary N) is 2. The zero-order chi connectivity index (χ0) is 16.4. The number of amides is 1. The van der Waals surface area contributed by atoms with Gasteiger partial charge in [0, 0.05) is 6.42 Å². The fraction of sp³-hybridized carbons (Fsp3) is 0.312. The van der Waals surface area contributed by atoms with Crippen LogP contribution in [0.5, 0.6) is 0 Å². The molecule has 0 atom stereocenters. The van der Waals surface area contributed by atoms with Gasteiger partial charge < -0.3 is 9.73 Å². The minimum Gasteiger partial charge on any atom is -0.456 e. The summed E-state index contributed by atoms with van der Waals surface area (Å²) in [7, 11) is -3.43. The van der Waals surface area contributed by atoms with Gasteiger partial charge in [-0.1, -0.05) is 12.1 Å². The topological polar surface area (TPSA) is 88.4 Å². The molecule has 0 radical (unpaired) electrons. The van der Waals surface area contributed by atoms with Gasteiger partial charge in [0.2, 0.25) is 10.0 Å². The highest BCUT2D eigenvalue weighted by atomic mass is 32.2. The quantitative estimate of drug-likeness (QED) is 0.900. The van der Waals surface area contributed by atoms with Crippen LogP contribution in [0.1, 0.15) is 34.7 Å². The van der Waals surface area contributed by atoms with E-state index in [1.54, 1.807) is 30.3 Å². The summed E-state index contributed by atoms with van der Waals surface area (Å²) in [4.78, 5) is 12.4. The second kappa shape index (κ2) is 6.08. The molecule has 1 aromatic heterocycles. The monoisotopic (exact) mass is 334 g/mol. The predicted octanol–water partition coefficient (Wildman–Crippen LogP) is 2.78. The van der Waals surface area contributed by atoms with Crippen LogP contribution in [0.25, 0.3) is 0 Å². The van der Waals surface area contributed by atoms with Gasteiger partial charge in [-0.2, -0.15) is 0 Å². The maximum atomic E-state index is 12.4. The number of benzene rings is 1. The zero-order valence-corrected chi connectivity index (χ0v) is 13.6. The number of para-hydroxylation sites is 2. The smallest absolute Gasteiger partial charge is 0.291 e. The molecule has 1 aliphatic rings. The van der Waals surface area contributed by atoms with Gasteiger partial charge in [-0.15, -0.1) is 0 Å². The first-order chi connectivity index (χ1) is 10.9. The molecule has 0 unspecified atom stereocenters. The van der Waals surface area contributed by atoms with Crippen LogP contribution < -0.4 is 10.0 Å². The van der Waals surface area contributed by atoms with Crippen molar-refractivity contribution in [3.05, 3.63) is 47.4 Å². The summed E-state index contributed by atoms with van der Waals surface area (Å²) in [6.45, 7) is 0. The molecule has 0 bridgehead atoms. The third kappa shape index (κ3) is 3.73. The first-order valence-corrected chi connectivity index (χ1v) is 9.31. The van der Waals surface area contributed by atoms with Gasteiger partial charge in [-0.05, 0) is 43.0 Å². The van der Waals surface area contributed by atoms with Gasteiger partial charge >= 0.3 is 0 Å². The van der Waals surface area contributed by atoms with Crippen molar-refractivity contribution in [3.8, 4) is 0 Å². The van der Waals surface area contributed by atoms with E-state index >= 15 is 0 Å². The molecule has 23 heavy (non-hydrogen) atoms. The van der Waals surface area contributed by atoms with Crippen LogP contribution in [0.15, 0.2) is 34.7 Å². The van der Waals surface area contributed by atoms with E-state index in [0.717, 1.165) is 43.3 Å². The molecule has 0 fully saturated rings. The number of sulfonamides is 1. The Morgan fingerprint density at radius 2 is 1.83 bits per heavy atom. The van der Waals surface area contributed by atoms with E-state index in [2.05, 4.69) is 10.0 Å². The van der Waals surface area contributed by atoms with E-state index in [1.165, 1.54) is 0 Å². The minimum atomic E-state index is -3.43. The first-order valence-electron chi connectivity index (χ1n) is 7.42. The summed E-state index contributed by atoms with van der Waals surface area (Å²) in [5.41, 5.74) is 1.79. The molecule has 2 N–H and O–H groups in total. The third-order valence-corrected chi connectivity index (χ3v) is 4.28. The molecule has 0 saturated heterocycles. The number of carbonyl (C=O) groups is 1. The largest absolute Gasteiger partial charge is 0.456 e. The Balaban J connectivity index is 1.82. The lowest BCUT2D eigenvalue weighted by Gasteiger charge is -2.11. The molecule has 122 valence electrons. The van der Waals surface area contributed by atoms with Crippen molar-refractivity contribution in [1.82, 2.24) is 0 Å². The van der Waals surface area contributed by atoms with Crippen molar-refractivity contribution in [1.29, 1.82) is 0 Å². The lowest BCUT2D eigenvalue weighted by molar-refractivity contribution is 0.0995. The van der Waals surface area contributed by atoms with Gasteiger partial charge in [0.15, 0.2) is 5.76 Å². The number of fused-ring (bicyclic) bond motifs is 1. The minimum absolute atomic E-state index is 0.256. The van der Waals surface area contributed by atoms with Crippen LogP contribution in [-0.4, -0.2) is 20.6 Å². The van der Waals surface area contributed by atoms with Crippen LogP contribution >= 0.6 is 0 Å². The summed E-state index contributed by atoms with van der Waals surface area (Å²) < 4.78 is 30.8. The third-order valence-electron chi connectivity index (χ3n) is 3.69. The van der Waals surface area contributed by atoms with Gasteiger partial charge in [0.05, 0.1) is 17.6 Å². The average molecular weight is 334 g/mol. The van der Waals surface area contributed by atoms with Crippen molar-refractivity contribution in [2.24, 2.45) is 0 Å². The number of carbonyl (C=O) groups excluding carboxylic acids is 1. The molecule has 1 aromatic carbocycles. The molecule has 1 heterocycles. The fourth-order valence-electron chi connectivity index (χ4n) is 2.67. The molecular weight excluding hydrogens is 316 g/mol. The lowest BCUT2D eigenvalue weighted by Crippen LogP contribution is -2.15. The molecule has 1 amide bonds. The second-order valence-corrected chi connectivity index (χ2v) is 7.39. The molecule has 0 spiro atoms. The molecule has 2 aromatic rings. The van der Waals surface area contributed by atoms with Crippen LogP contribution in [0.3, 0.4) is 0 Å². The molecular formula is C16H18N2O4S. The van der Waals surface area contributed by atoms with E-state index in [1.807, 2.05) is 0 Å². The Labute approximate surface area is 134 Å². The van der Waals surface area contributed by atoms with E-state index in [0.29, 0.717) is 11.4 Å². The highest BCUT2D eigenvalue weighted by molar-refractivity contribution is 7.92. The van der Waals surface area contributed by atoms with Gasteiger partial charge in [0.25, 0.3) is 5.91 Å². The van der Waals surface area contributed by atoms with Crippen molar-refractivity contribution in [2.45, 2.75) is 25.7 Å². The Morgan fingerprint density at radius 3 is 2.52 bits per heavy atom. The van der Waals surface area contributed by atoms with Crippen LogP contribution in [0.2, 0.25) is 0 Å². The summed E-state index contributed by atoms with van der Waals surface area (Å²) in [6, 6.07) is 8.40. The molecule has 6 nitrogen and oxygen atoms in total. The van der Waals surface area contributed by atoms with E-state index < -0.39 is 10.0 Å². The lowest BCUT2D eigenvalue weighted by atomic mass is 9.99. The Kier molecular flexibility index (Phi) is 4.12. The van der Waals surface area contributed by atoms with E-state index in [-0.39, 0.29) is 11.7 Å². The maximum absolute atomic E-state index is 12.4. The second-order valence-electron chi connectivity index (χ2n) is 5.64. The number of furan rings is 1. The molecule has 3 rings (SSSR count). The number of hydrogen-bond acceptors (Lipinski definition) is 4. The number of rotatable bonds is 4. The molecule has 7 heteroatoms. The zero-order valence-electron chi connectivity index (χ0n) is 12.8. The summed E-state index contributed by atoms with van der Waals surface area (Å²) in [5.74, 6) is 0.747. The van der Waals surface area contributed by atoms with Gasteiger partial charge in [-0.25, -0.2) is 8.42 Å². The van der Waals surface area contributed by atoms with Gasteiger partial charge in [-0.3, -0.25) is 9.52 Å². The number of aryl methyl sites for hydroxylation is 2. The molecule has 0 saturated carbocycles. The van der Waals surface area contributed by atoms with Gasteiger partial charge in [0.1, 0.15) is 5.76 Å². The Morgan fingerprint density at radius 1 is 1.13 bits per heavy atom. The molecule has 1 aliphatic carbocycles. The van der Waals surface area contributed by atoms with Crippen molar-refractivity contribution in [3.63, 3.8) is 0 Å². The van der Waals surface area contributed by atoms with Crippen LogP contribution in [0.4, 0.5) is 11.4 Å². The van der Waals surface area contributed by atoms with Crippen LogP contribution in [-0.2, 0) is 22.9 Å². The van der Waals surface area contributed by atoms with E-state index in [4.69, 9.17) is 4.42 Å². The first kappa shape index (κ1) is 15.6. The van der Waals surface area contributed by atoms with Crippen molar-refractivity contribution in [2.75, 3.05) is 16.3 Å². The van der Waals surface area contributed by atoms with Crippen molar-refractivity contribution < 1.29 is 17.6 Å². The Bertz CT molecular complexity index is 816. The fourth-order valence-corrected chi connectivity index (χ4v) is 3.24.